The number of primary amides is 1. The molecule has 1 aliphatic heterocycles. The van der Waals surface area contributed by atoms with E-state index < -0.39 is 11.9 Å². The van der Waals surface area contributed by atoms with Crippen molar-refractivity contribution in [1.29, 1.82) is 0 Å². The van der Waals surface area contributed by atoms with Gasteiger partial charge in [-0.15, -0.1) is 0 Å². The molecule has 0 aliphatic carbocycles. The number of thioether (sulfide) groups is 1. The number of carbonyl (C=O) groups excluding carboxylic acids is 3. The van der Waals surface area contributed by atoms with Gasteiger partial charge in [0, 0.05) is 0 Å². The van der Waals surface area contributed by atoms with Gasteiger partial charge in [0.15, 0.2) is 0 Å². The van der Waals surface area contributed by atoms with Crippen molar-refractivity contribution in [1.82, 2.24) is 4.90 Å². The lowest BCUT2D eigenvalue weighted by atomic mass is 10.4. The van der Waals surface area contributed by atoms with E-state index in [9.17, 15) is 14.4 Å². The van der Waals surface area contributed by atoms with Crippen molar-refractivity contribution >= 4 is 29.5 Å². The van der Waals surface area contributed by atoms with Crippen LogP contribution in [-0.2, 0) is 19.1 Å². The smallest absolute Gasteiger partial charge is 0.333 e. The van der Waals surface area contributed by atoms with E-state index >= 15 is 0 Å². The first-order valence-electron chi connectivity index (χ1n) is 4.64. The summed E-state index contributed by atoms with van der Waals surface area (Å²) in [5, 5.41) is 0.405. The van der Waals surface area contributed by atoms with E-state index in [0.29, 0.717) is 5.03 Å². The van der Waals surface area contributed by atoms with E-state index in [-0.39, 0.29) is 24.8 Å². The Labute approximate surface area is 96.8 Å². The second-order valence-corrected chi connectivity index (χ2v) is 3.97. The molecule has 1 rings (SSSR count). The Bertz CT molecular complexity index is 353. The van der Waals surface area contributed by atoms with Crippen LogP contribution in [0, 0.1) is 0 Å². The molecule has 1 saturated heterocycles. The van der Waals surface area contributed by atoms with E-state index in [4.69, 9.17) is 10.5 Å². The molecule has 1 heterocycles. The fourth-order valence-corrected chi connectivity index (χ4v) is 2.07. The summed E-state index contributed by atoms with van der Waals surface area (Å²) in [7, 11) is 0. The molecule has 1 aliphatic rings. The third-order valence-electron chi connectivity index (χ3n) is 1.75. The van der Waals surface area contributed by atoms with Crippen molar-refractivity contribution < 1.29 is 19.1 Å². The molecule has 7 heteroatoms. The average molecular weight is 244 g/mol. The van der Waals surface area contributed by atoms with Gasteiger partial charge in [-0.05, 0) is 6.92 Å². The number of ether oxygens (including phenoxy) is 1. The van der Waals surface area contributed by atoms with Gasteiger partial charge in [0.05, 0.1) is 23.5 Å². The van der Waals surface area contributed by atoms with E-state index in [0.717, 1.165) is 0 Å². The fourth-order valence-electron chi connectivity index (χ4n) is 1.14. The molecule has 0 saturated carbocycles. The Morgan fingerprint density at radius 1 is 1.62 bits per heavy atom. The molecular formula is C9H12N2O4S. The summed E-state index contributed by atoms with van der Waals surface area (Å²) in [6.45, 7) is 1.73. The van der Waals surface area contributed by atoms with Crippen molar-refractivity contribution in [2.24, 2.45) is 5.73 Å². The summed E-state index contributed by atoms with van der Waals surface area (Å²) in [5.41, 5.74) is 5.00. The zero-order valence-electron chi connectivity index (χ0n) is 8.76. The van der Waals surface area contributed by atoms with Gasteiger partial charge in [0.1, 0.15) is 6.54 Å². The number of nitrogens with zero attached hydrogens (tertiary/aromatic N) is 1. The van der Waals surface area contributed by atoms with Crippen LogP contribution in [0.25, 0.3) is 0 Å². The first-order chi connectivity index (χ1) is 7.54. The molecule has 0 aromatic heterocycles. The maximum absolute atomic E-state index is 11.4. The minimum absolute atomic E-state index is 0.207. The minimum Gasteiger partial charge on any atom is -0.463 e. The third kappa shape index (κ3) is 3.27. The fraction of sp³-hybridized carbons (Fsp3) is 0.444. The number of hydrogen-bond acceptors (Lipinski definition) is 5. The molecule has 0 aromatic rings. The number of nitrogens with two attached hydrogens (primary N) is 1. The van der Waals surface area contributed by atoms with Crippen LogP contribution in [0.2, 0.25) is 0 Å². The molecular weight excluding hydrogens is 232 g/mol. The maximum Gasteiger partial charge on any atom is 0.333 e. The molecule has 0 radical (unpaired) electrons. The van der Waals surface area contributed by atoms with Gasteiger partial charge in [-0.1, -0.05) is 11.8 Å². The number of amides is 2. The second-order valence-electron chi connectivity index (χ2n) is 2.97. The van der Waals surface area contributed by atoms with Crippen LogP contribution >= 0.6 is 11.8 Å². The van der Waals surface area contributed by atoms with Gasteiger partial charge in [-0.25, -0.2) is 4.79 Å². The van der Waals surface area contributed by atoms with Crippen molar-refractivity contribution in [3.8, 4) is 0 Å². The van der Waals surface area contributed by atoms with Gasteiger partial charge in [-0.2, -0.15) is 0 Å². The van der Waals surface area contributed by atoms with Gasteiger partial charge in [0.25, 0.3) is 0 Å². The molecule has 0 bridgehead atoms. The maximum atomic E-state index is 11.4. The van der Waals surface area contributed by atoms with Crippen LogP contribution in [0.15, 0.2) is 11.1 Å². The molecule has 6 nitrogen and oxygen atoms in total. The van der Waals surface area contributed by atoms with Crippen LogP contribution in [0.1, 0.15) is 6.92 Å². The normalized spacial score (nSPS) is 17.9. The Morgan fingerprint density at radius 3 is 2.88 bits per heavy atom. The van der Waals surface area contributed by atoms with Crippen molar-refractivity contribution in [2.45, 2.75) is 6.92 Å². The number of esters is 1. The second kappa shape index (κ2) is 5.55. The summed E-state index contributed by atoms with van der Waals surface area (Å²) in [6, 6.07) is 0. The van der Waals surface area contributed by atoms with E-state index in [1.165, 1.54) is 22.7 Å². The largest absolute Gasteiger partial charge is 0.463 e. The van der Waals surface area contributed by atoms with E-state index in [1.807, 2.05) is 0 Å². The molecule has 2 N–H and O–H groups in total. The van der Waals surface area contributed by atoms with Gasteiger partial charge >= 0.3 is 5.97 Å². The Balaban J connectivity index is 2.74. The van der Waals surface area contributed by atoms with Crippen LogP contribution in [0.5, 0.6) is 0 Å². The molecule has 1 fully saturated rings. The highest BCUT2D eigenvalue weighted by atomic mass is 32.2. The highest BCUT2D eigenvalue weighted by molar-refractivity contribution is 8.04. The zero-order chi connectivity index (χ0) is 12.1. The van der Waals surface area contributed by atoms with Crippen LogP contribution in [0.3, 0.4) is 0 Å². The lowest BCUT2D eigenvalue weighted by molar-refractivity contribution is -0.137. The van der Waals surface area contributed by atoms with Gasteiger partial charge in [-0.3, -0.25) is 14.5 Å². The first-order valence-corrected chi connectivity index (χ1v) is 5.63. The summed E-state index contributed by atoms with van der Waals surface area (Å²) >= 11 is 1.18. The summed E-state index contributed by atoms with van der Waals surface area (Å²) in [6.07, 6.45) is 1.20. The van der Waals surface area contributed by atoms with Crippen molar-refractivity contribution in [3.05, 3.63) is 11.1 Å². The summed E-state index contributed by atoms with van der Waals surface area (Å²) in [5.74, 6) is -1.18. The zero-order valence-corrected chi connectivity index (χ0v) is 9.58. The molecule has 88 valence electrons. The highest BCUT2D eigenvalue weighted by Gasteiger charge is 2.28. The molecule has 0 unspecified atom stereocenters. The SMILES string of the molecule is CCOC(=O)/C=C1\SCC(=O)N1CC(N)=O. The topological polar surface area (TPSA) is 89.7 Å². The predicted octanol–water partition coefficient (Wildman–Crippen LogP) is -0.548. The number of hydrogen-bond donors (Lipinski definition) is 1. The molecule has 0 aromatic carbocycles. The first kappa shape index (κ1) is 12.6. The number of rotatable bonds is 4. The van der Waals surface area contributed by atoms with E-state index in [2.05, 4.69) is 0 Å². The monoisotopic (exact) mass is 244 g/mol. The summed E-state index contributed by atoms with van der Waals surface area (Å²) < 4.78 is 4.71. The molecule has 2 amide bonds. The Hall–Kier alpha value is -1.50. The van der Waals surface area contributed by atoms with Crippen LogP contribution in [0.4, 0.5) is 0 Å². The van der Waals surface area contributed by atoms with Crippen molar-refractivity contribution in [2.75, 3.05) is 18.9 Å². The predicted molar refractivity (Wildman–Crippen MR) is 58.1 cm³/mol. The molecule has 0 atom stereocenters. The van der Waals surface area contributed by atoms with Crippen LogP contribution in [-0.4, -0.2) is 41.6 Å². The lowest BCUT2D eigenvalue weighted by Gasteiger charge is -2.14. The molecule has 0 spiro atoms. The average Bonchev–Trinajstić information content (AvgIpc) is 2.49. The summed E-state index contributed by atoms with van der Waals surface area (Å²) in [4.78, 5) is 34.5. The standard InChI is InChI=1S/C9H12N2O4S/c1-2-15-9(14)3-8-11(4-6(10)12)7(13)5-16-8/h3H,2,4-5H2,1H3,(H2,10,12)/b8-3-. The Morgan fingerprint density at radius 2 is 2.31 bits per heavy atom. The highest BCUT2D eigenvalue weighted by Crippen LogP contribution is 2.28. The van der Waals surface area contributed by atoms with Crippen molar-refractivity contribution in [3.63, 3.8) is 0 Å². The third-order valence-corrected chi connectivity index (χ3v) is 2.78. The minimum atomic E-state index is -0.620. The van der Waals surface area contributed by atoms with E-state index in [1.54, 1.807) is 6.92 Å². The lowest BCUT2D eigenvalue weighted by Crippen LogP contribution is -2.34. The van der Waals surface area contributed by atoms with Gasteiger partial charge < -0.3 is 10.5 Å². The van der Waals surface area contributed by atoms with Gasteiger partial charge in [0.2, 0.25) is 11.8 Å². The molecule has 16 heavy (non-hydrogen) atoms. The Kier molecular flexibility index (Phi) is 4.36. The number of carbonyl (C=O) groups is 3. The van der Waals surface area contributed by atoms with Crippen LogP contribution < -0.4 is 5.73 Å². The quantitative estimate of drug-likeness (QED) is 0.529.